The molecule has 9 nitrogen and oxygen atoms in total. The second-order valence-corrected chi connectivity index (χ2v) is 8.34. The molecule has 2 aromatic carbocycles. The van der Waals surface area contributed by atoms with Gasteiger partial charge in [0.25, 0.3) is 5.56 Å². The smallest absolute Gasteiger partial charge is 0.263 e. The number of hydrogen-bond acceptors (Lipinski definition) is 7. The van der Waals surface area contributed by atoms with Crippen molar-refractivity contribution in [1.29, 1.82) is 0 Å². The standard InChI is InChI=1S/C28H23N7O2/c1-17(33-26-23(30-2)16-32-28(29)34-26)24-14-18-8-7-11-21(22-13-12-20(37-3)15-31-22)25(18)27(36)35(24)19-9-5-4-6-10-19/h4-17H,1,3H3,(H3,29,32,33,34)/t17-/m0/s1. The molecule has 0 spiro atoms. The second kappa shape index (κ2) is 9.79. The van der Waals surface area contributed by atoms with Crippen LogP contribution in [-0.4, -0.2) is 26.6 Å². The van der Waals surface area contributed by atoms with E-state index < -0.39 is 6.04 Å². The van der Waals surface area contributed by atoms with E-state index in [0.29, 0.717) is 34.0 Å². The van der Waals surface area contributed by atoms with Gasteiger partial charge in [-0.3, -0.25) is 14.3 Å². The van der Waals surface area contributed by atoms with E-state index in [4.69, 9.17) is 17.0 Å². The lowest BCUT2D eigenvalue weighted by Gasteiger charge is -2.22. The molecule has 0 bridgehead atoms. The number of nitrogens with one attached hydrogen (secondary N) is 1. The average molecular weight is 490 g/mol. The number of aromatic nitrogens is 4. The second-order valence-electron chi connectivity index (χ2n) is 8.34. The summed E-state index contributed by atoms with van der Waals surface area (Å²) >= 11 is 0. The zero-order valence-corrected chi connectivity index (χ0v) is 20.2. The van der Waals surface area contributed by atoms with Crippen LogP contribution in [0, 0.1) is 6.57 Å². The van der Waals surface area contributed by atoms with Crippen LogP contribution >= 0.6 is 0 Å². The molecular weight excluding hydrogens is 466 g/mol. The summed E-state index contributed by atoms with van der Waals surface area (Å²) in [5.41, 5.74) is 8.62. The number of fused-ring (bicyclic) bond motifs is 1. The molecule has 0 unspecified atom stereocenters. The van der Waals surface area contributed by atoms with Crippen molar-refractivity contribution >= 4 is 28.2 Å². The first kappa shape index (κ1) is 23.5. The fourth-order valence-corrected chi connectivity index (χ4v) is 4.27. The van der Waals surface area contributed by atoms with Crippen molar-refractivity contribution in [2.45, 2.75) is 13.0 Å². The molecule has 37 heavy (non-hydrogen) atoms. The predicted molar refractivity (Wildman–Crippen MR) is 144 cm³/mol. The van der Waals surface area contributed by atoms with Gasteiger partial charge in [0.15, 0.2) is 0 Å². The van der Waals surface area contributed by atoms with Gasteiger partial charge in [-0.1, -0.05) is 36.4 Å². The first-order valence-electron chi connectivity index (χ1n) is 11.5. The fourth-order valence-electron chi connectivity index (χ4n) is 4.27. The largest absolute Gasteiger partial charge is 0.495 e. The zero-order chi connectivity index (χ0) is 25.9. The van der Waals surface area contributed by atoms with Gasteiger partial charge in [0.05, 0.1) is 37.0 Å². The summed E-state index contributed by atoms with van der Waals surface area (Å²) in [5, 5.41) is 4.57. The first-order valence-corrected chi connectivity index (χ1v) is 11.5. The molecule has 3 N–H and O–H groups in total. The normalized spacial score (nSPS) is 11.6. The van der Waals surface area contributed by atoms with Crippen molar-refractivity contribution in [1.82, 2.24) is 19.5 Å². The van der Waals surface area contributed by atoms with E-state index in [9.17, 15) is 4.79 Å². The van der Waals surface area contributed by atoms with E-state index in [2.05, 4.69) is 25.1 Å². The molecule has 0 aliphatic rings. The summed E-state index contributed by atoms with van der Waals surface area (Å²) < 4.78 is 6.91. The minimum atomic E-state index is -0.408. The third kappa shape index (κ3) is 4.44. The predicted octanol–water partition coefficient (Wildman–Crippen LogP) is 5.16. The van der Waals surface area contributed by atoms with Crippen molar-refractivity contribution < 1.29 is 4.74 Å². The van der Waals surface area contributed by atoms with Crippen molar-refractivity contribution in [2.24, 2.45) is 0 Å². The first-order chi connectivity index (χ1) is 18.0. The molecule has 1 atom stereocenters. The lowest BCUT2D eigenvalue weighted by atomic mass is 10.0. The summed E-state index contributed by atoms with van der Waals surface area (Å²) in [6.07, 6.45) is 3.01. The SMILES string of the molecule is [C-]#[N+]c1cnc(N)nc1N[C@@H](C)c1cc2cccc(-c3ccc(OC)cn3)c2c(=O)n1-c1ccccc1. The number of anilines is 2. The van der Waals surface area contributed by atoms with Crippen LogP contribution in [-0.2, 0) is 0 Å². The molecule has 3 aromatic heterocycles. The maximum Gasteiger partial charge on any atom is 0.263 e. The van der Waals surface area contributed by atoms with Crippen molar-refractivity contribution in [3.63, 3.8) is 0 Å². The molecular formula is C28H23N7O2. The Balaban J connectivity index is 1.73. The van der Waals surface area contributed by atoms with Crippen LogP contribution in [0.15, 0.2) is 83.9 Å². The third-order valence-corrected chi connectivity index (χ3v) is 6.04. The topological polar surface area (TPSA) is 112 Å². The fraction of sp³-hybridized carbons (Fsp3) is 0.107. The number of nitrogens with zero attached hydrogens (tertiary/aromatic N) is 5. The lowest BCUT2D eigenvalue weighted by molar-refractivity contribution is 0.413. The molecule has 5 rings (SSSR count). The summed E-state index contributed by atoms with van der Waals surface area (Å²) in [6, 6.07) is 20.3. The van der Waals surface area contributed by atoms with E-state index in [1.807, 2.05) is 73.7 Å². The number of hydrogen-bond donors (Lipinski definition) is 2. The third-order valence-electron chi connectivity index (χ3n) is 6.04. The van der Waals surface area contributed by atoms with E-state index >= 15 is 0 Å². The van der Waals surface area contributed by atoms with Gasteiger partial charge in [0.2, 0.25) is 11.6 Å². The van der Waals surface area contributed by atoms with Crippen LogP contribution in [0.1, 0.15) is 18.7 Å². The van der Waals surface area contributed by atoms with Gasteiger partial charge in [0.1, 0.15) is 11.6 Å². The Kier molecular flexibility index (Phi) is 6.22. The highest BCUT2D eigenvalue weighted by atomic mass is 16.5. The van der Waals surface area contributed by atoms with E-state index in [1.165, 1.54) is 6.20 Å². The van der Waals surface area contributed by atoms with Gasteiger partial charge in [-0.25, -0.2) is 14.8 Å². The number of pyridine rings is 2. The number of nitrogens with two attached hydrogens (primary N) is 1. The monoisotopic (exact) mass is 489 g/mol. The highest BCUT2D eigenvalue weighted by Crippen LogP contribution is 2.31. The van der Waals surface area contributed by atoms with Crippen LogP contribution in [0.5, 0.6) is 5.75 Å². The summed E-state index contributed by atoms with van der Waals surface area (Å²) in [4.78, 5) is 30.3. The van der Waals surface area contributed by atoms with E-state index in [0.717, 1.165) is 10.9 Å². The maximum atomic E-state index is 14.2. The molecule has 5 aromatic rings. The minimum absolute atomic E-state index is 0.0534. The van der Waals surface area contributed by atoms with E-state index in [-0.39, 0.29) is 17.2 Å². The van der Waals surface area contributed by atoms with Crippen molar-refractivity contribution in [2.75, 3.05) is 18.2 Å². The highest BCUT2D eigenvalue weighted by Gasteiger charge is 2.20. The summed E-state index contributed by atoms with van der Waals surface area (Å²) in [7, 11) is 1.58. The number of para-hydroxylation sites is 1. The highest BCUT2D eigenvalue weighted by molar-refractivity contribution is 5.95. The Bertz CT molecular complexity index is 1690. The molecule has 0 radical (unpaired) electrons. The molecule has 182 valence electrons. The number of nitrogen functional groups attached to an aromatic ring is 1. The van der Waals surface area contributed by atoms with Crippen LogP contribution in [0.3, 0.4) is 0 Å². The Morgan fingerprint density at radius 3 is 2.57 bits per heavy atom. The quantitative estimate of drug-likeness (QED) is 0.317. The molecule has 0 saturated heterocycles. The summed E-state index contributed by atoms with van der Waals surface area (Å²) in [6.45, 7) is 9.35. The molecule has 3 heterocycles. The van der Waals surface area contributed by atoms with Gasteiger partial charge in [-0.2, -0.15) is 0 Å². The molecule has 0 fully saturated rings. The Morgan fingerprint density at radius 2 is 1.86 bits per heavy atom. The molecule has 0 aliphatic carbocycles. The molecule has 0 saturated carbocycles. The number of ether oxygens (including phenoxy) is 1. The van der Waals surface area contributed by atoms with Gasteiger partial charge in [-0.15, -0.1) is 0 Å². The van der Waals surface area contributed by atoms with Gasteiger partial charge in [-0.05, 0) is 42.6 Å². The molecule has 0 aliphatic heterocycles. The maximum absolute atomic E-state index is 14.2. The van der Waals surface area contributed by atoms with Crippen molar-refractivity contribution in [3.8, 4) is 22.7 Å². The Morgan fingerprint density at radius 1 is 1.05 bits per heavy atom. The minimum Gasteiger partial charge on any atom is -0.495 e. The van der Waals surface area contributed by atoms with Crippen LogP contribution in [0.2, 0.25) is 0 Å². The van der Waals surface area contributed by atoms with Crippen LogP contribution < -0.4 is 21.3 Å². The Hall–Kier alpha value is -5.23. The Labute approximate surface area is 213 Å². The molecule has 0 amide bonds. The zero-order valence-electron chi connectivity index (χ0n) is 20.2. The van der Waals surface area contributed by atoms with Crippen molar-refractivity contribution in [3.05, 3.63) is 107 Å². The lowest BCUT2D eigenvalue weighted by Crippen LogP contribution is -2.26. The van der Waals surface area contributed by atoms with Crippen LogP contribution in [0.25, 0.3) is 32.6 Å². The average Bonchev–Trinajstić information content (AvgIpc) is 2.93. The van der Waals surface area contributed by atoms with E-state index in [1.54, 1.807) is 17.9 Å². The van der Waals surface area contributed by atoms with Crippen LogP contribution in [0.4, 0.5) is 17.5 Å². The van der Waals surface area contributed by atoms with Gasteiger partial charge >= 0.3 is 0 Å². The summed E-state index contributed by atoms with van der Waals surface area (Å²) in [5.74, 6) is 0.994. The number of rotatable bonds is 6. The number of methoxy groups -OCH3 is 1. The van der Waals surface area contributed by atoms with Gasteiger partial charge < -0.3 is 15.8 Å². The van der Waals surface area contributed by atoms with Gasteiger partial charge in [0, 0.05) is 23.1 Å². The molecule has 9 heteroatoms. The number of benzene rings is 2.